The van der Waals surface area contributed by atoms with E-state index in [1.54, 1.807) is 19.1 Å². The summed E-state index contributed by atoms with van der Waals surface area (Å²) in [5.74, 6) is -1.88. The van der Waals surface area contributed by atoms with Crippen LogP contribution in [0.2, 0.25) is 5.02 Å². The molecule has 0 spiro atoms. The number of nitrogens with one attached hydrogen (secondary N) is 1. The molecular formula is C11H10ClN5O3. The molecule has 1 aromatic carbocycles. The standard InChI is InChI=1S/C11H10ClN5O3/c1-2-20-11(19)10(18)14-9-5-7(3-4-8(9)12)17-6-13-15-16-17/h3-6H,2H2,1H3,(H,14,18). The topological polar surface area (TPSA) is 99.0 Å². The number of hydrogen-bond acceptors (Lipinski definition) is 6. The van der Waals surface area contributed by atoms with Gasteiger partial charge in [0, 0.05) is 0 Å². The van der Waals surface area contributed by atoms with Gasteiger partial charge in [-0.05, 0) is 35.5 Å². The Kier molecular flexibility index (Phi) is 4.26. The predicted molar refractivity (Wildman–Crippen MR) is 69.4 cm³/mol. The van der Waals surface area contributed by atoms with E-state index in [2.05, 4.69) is 25.6 Å². The first kappa shape index (κ1) is 13.9. The number of carbonyl (C=O) groups excluding carboxylic acids is 2. The smallest absolute Gasteiger partial charge is 0.397 e. The van der Waals surface area contributed by atoms with Crippen molar-refractivity contribution in [2.24, 2.45) is 0 Å². The normalized spacial score (nSPS) is 10.1. The van der Waals surface area contributed by atoms with Gasteiger partial charge in [-0.25, -0.2) is 9.48 Å². The van der Waals surface area contributed by atoms with Crippen molar-refractivity contribution in [3.63, 3.8) is 0 Å². The maximum absolute atomic E-state index is 11.6. The number of amides is 1. The van der Waals surface area contributed by atoms with Crippen LogP contribution in [0.5, 0.6) is 0 Å². The Morgan fingerprint density at radius 1 is 1.45 bits per heavy atom. The van der Waals surface area contributed by atoms with Gasteiger partial charge in [0.1, 0.15) is 6.33 Å². The molecule has 0 atom stereocenters. The van der Waals surface area contributed by atoms with Crippen LogP contribution in [0.25, 0.3) is 5.69 Å². The monoisotopic (exact) mass is 295 g/mol. The minimum Gasteiger partial charge on any atom is -0.459 e. The van der Waals surface area contributed by atoms with E-state index < -0.39 is 11.9 Å². The van der Waals surface area contributed by atoms with Gasteiger partial charge in [-0.3, -0.25) is 4.79 Å². The van der Waals surface area contributed by atoms with Crippen molar-refractivity contribution in [1.29, 1.82) is 0 Å². The van der Waals surface area contributed by atoms with Crippen LogP contribution in [0.3, 0.4) is 0 Å². The van der Waals surface area contributed by atoms with Crippen LogP contribution in [0.1, 0.15) is 6.92 Å². The van der Waals surface area contributed by atoms with E-state index in [0.717, 1.165) is 0 Å². The van der Waals surface area contributed by atoms with Gasteiger partial charge in [0.2, 0.25) is 0 Å². The molecule has 9 heteroatoms. The van der Waals surface area contributed by atoms with Crippen LogP contribution in [0.15, 0.2) is 24.5 Å². The summed E-state index contributed by atoms with van der Waals surface area (Å²) in [7, 11) is 0. The molecule has 0 saturated heterocycles. The largest absolute Gasteiger partial charge is 0.459 e. The molecule has 1 N–H and O–H groups in total. The molecule has 0 fully saturated rings. The summed E-state index contributed by atoms with van der Waals surface area (Å²) < 4.78 is 5.97. The minimum absolute atomic E-state index is 0.116. The molecule has 1 heterocycles. The molecular weight excluding hydrogens is 286 g/mol. The summed E-state index contributed by atoms with van der Waals surface area (Å²) in [5.41, 5.74) is 0.844. The van der Waals surface area contributed by atoms with Gasteiger partial charge in [-0.1, -0.05) is 11.6 Å². The van der Waals surface area contributed by atoms with Crippen molar-refractivity contribution in [3.05, 3.63) is 29.5 Å². The number of ether oxygens (including phenoxy) is 1. The van der Waals surface area contributed by atoms with Gasteiger partial charge >= 0.3 is 11.9 Å². The summed E-state index contributed by atoms with van der Waals surface area (Å²) in [4.78, 5) is 22.8. The number of nitrogens with zero attached hydrogens (tertiary/aromatic N) is 4. The number of tetrazole rings is 1. The maximum Gasteiger partial charge on any atom is 0.397 e. The molecule has 104 valence electrons. The van der Waals surface area contributed by atoms with Crippen LogP contribution in [-0.4, -0.2) is 38.7 Å². The third-order valence-electron chi connectivity index (χ3n) is 2.27. The van der Waals surface area contributed by atoms with Crippen LogP contribution in [0, 0.1) is 0 Å². The Morgan fingerprint density at radius 3 is 2.90 bits per heavy atom. The molecule has 2 aromatic rings. The molecule has 0 saturated carbocycles. The highest BCUT2D eigenvalue weighted by Crippen LogP contribution is 2.24. The molecule has 20 heavy (non-hydrogen) atoms. The summed E-state index contributed by atoms with van der Waals surface area (Å²) in [6, 6.07) is 4.76. The third-order valence-corrected chi connectivity index (χ3v) is 2.60. The first-order chi connectivity index (χ1) is 9.61. The number of esters is 1. The summed E-state index contributed by atoms with van der Waals surface area (Å²) >= 11 is 5.96. The predicted octanol–water partition coefficient (Wildman–Crippen LogP) is 0.817. The van der Waals surface area contributed by atoms with Crippen LogP contribution >= 0.6 is 11.6 Å². The minimum atomic E-state index is -0.976. The van der Waals surface area contributed by atoms with Gasteiger partial charge in [0.15, 0.2) is 0 Å². The Hall–Kier alpha value is -2.48. The van der Waals surface area contributed by atoms with Crippen molar-refractivity contribution in [1.82, 2.24) is 20.2 Å². The van der Waals surface area contributed by atoms with Crippen molar-refractivity contribution in [2.45, 2.75) is 6.92 Å². The zero-order chi connectivity index (χ0) is 14.5. The first-order valence-corrected chi connectivity index (χ1v) is 6.00. The van der Waals surface area contributed by atoms with Crippen molar-refractivity contribution >= 4 is 29.2 Å². The molecule has 0 bridgehead atoms. The zero-order valence-corrected chi connectivity index (χ0v) is 11.2. The van der Waals surface area contributed by atoms with Gasteiger partial charge in [0.25, 0.3) is 0 Å². The van der Waals surface area contributed by atoms with E-state index in [9.17, 15) is 9.59 Å². The Morgan fingerprint density at radius 2 is 2.25 bits per heavy atom. The maximum atomic E-state index is 11.6. The first-order valence-electron chi connectivity index (χ1n) is 5.63. The summed E-state index contributed by atoms with van der Waals surface area (Å²) in [6.45, 7) is 1.72. The Labute approximate surface area is 118 Å². The van der Waals surface area contributed by atoms with E-state index in [1.165, 1.54) is 17.1 Å². The average Bonchev–Trinajstić information content (AvgIpc) is 2.95. The van der Waals surface area contributed by atoms with E-state index >= 15 is 0 Å². The van der Waals surface area contributed by atoms with E-state index in [0.29, 0.717) is 5.69 Å². The second-order valence-corrected chi connectivity index (χ2v) is 4.00. The van der Waals surface area contributed by atoms with Gasteiger partial charge in [0.05, 0.1) is 23.0 Å². The fourth-order valence-electron chi connectivity index (χ4n) is 1.40. The fourth-order valence-corrected chi connectivity index (χ4v) is 1.57. The average molecular weight is 296 g/mol. The summed E-state index contributed by atoms with van der Waals surface area (Å²) in [6.07, 6.45) is 1.39. The molecule has 0 aliphatic carbocycles. The number of halogens is 1. The number of anilines is 1. The number of rotatable bonds is 3. The van der Waals surface area contributed by atoms with Gasteiger partial charge in [-0.15, -0.1) is 5.10 Å². The highest BCUT2D eigenvalue weighted by atomic mass is 35.5. The lowest BCUT2D eigenvalue weighted by Gasteiger charge is -2.08. The Bertz CT molecular complexity index is 629. The number of carbonyl (C=O) groups is 2. The second kappa shape index (κ2) is 6.11. The zero-order valence-electron chi connectivity index (χ0n) is 10.4. The number of benzene rings is 1. The SMILES string of the molecule is CCOC(=O)C(=O)Nc1cc(-n2cnnn2)ccc1Cl. The number of aromatic nitrogens is 4. The molecule has 0 radical (unpaired) electrons. The molecule has 1 aromatic heterocycles. The molecule has 8 nitrogen and oxygen atoms in total. The Balaban J connectivity index is 2.21. The van der Waals surface area contributed by atoms with E-state index in [1.807, 2.05) is 0 Å². The third kappa shape index (κ3) is 3.09. The molecule has 1 amide bonds. The lowest BCUT2D eigenvalue weighted by Crippen LogP contribution is -2.25. The molecule has 0 aliphatic heterocycles. The van der Waals surface area contributed by atoms with E-state index in [-0.39, 0.29) is 17.3 Å². The molecule has 2 rings (SSSR count). The van der Waals surface area contributed by atoms with Crippen LogP contribution in [-0.2, 0) is 14.3 Å². The lowest BCUT2D eigenvalue weighted by molar-refractivity contribution is -0.152. The van der Waals surface area contributed by atoms with Crippen LogP contribution < -0.4 is 5.32 Å². The van der Waals surface area contributed by atoms with E-state index in [4.69, 9.17) is 11.6 Å². The summed E-state index contributed by atoms with van der Waals surface area (Å²) in [5, 5.41) is 13.4. The molecule has 0 aliphatic rings. The quantitative estimate of drug-likeness (QED) is 0.665. The lowest BCUT2D eigenvalue weighted by atomic mass is 10.2. The van der Waals surface area contributed by atoms with Gasteiger partial charge in [-0.2, -0.15) is 0 Å². The van der Waals surface area contributed by atoms with Crippen molar-refractivity contribution in [2.75, 3.05) is 11.9 Å². The number of hydrogen-bond donors (Lipinski definition) is 1. The highest BCUT2D eigenvalue weighted by molar-refractivity contribution is 6.39. The van der Waals surface area contributed by atoms with Crippen molar-refractivity contribution in [3.8, 4) is 5.69 Å². The van der Waals surface area contributed by atoms with Gasteiger partial charge < -0.3 is 10.1 Å². The van der Waals surface area contributed by atoms with Crippen molar-refractivity contribution < 1.29 is 14.3 Å². The second-order valence-electron chi connectivity index (χ2n) is 3.59. The highest BCUT2D eigenvalue weighted by Gasteiger charge is 2.16. The fraction of sp³-hybridized carbons (Fsp3) is 0.182. The van der Waals surface area contributed by atoms with Crippen LogP contribution in [0.4, 0.5) is 5.69 Å². The molecule has 0 unspecified atom stereocenters.